The third-order valence-electron chi connectivity index (χ3n) is 2.67. The Hall–Kier alpha value is -3.06. The van der Waals surface area contributed by atoms with Crippen LogP contribution in [0.4, 0.5) is 11.4 Å². The van der Waals surface area contributed by atoms with E-state index in [-0.39, 0.29) is 24.1 Å². The van der Waals surface area contributed by atoms with Gasteiger partial charge in [0, 0.05) is 0 Å². The molecule has 0 fully saturated rings. The molecule has 7 nitrogen and oxygen atoms in total. The van der Waals surface area contributed by atoms with E-state index in [0.717, 1.165) is 0 Å². The minimum atomic E-state index is -0.559. The number of halogens is 1. The van der Waals surface area contributed by atoms with E-state index in [1.54, 1.807) is 48.5 Å². The normalized spacial score (nSPS) is 9.22. The summed E-state index contributed by atoms with van der Waals surface area (Å²) in [4.78, 5) is 26.5. The van der Waals surface area contributed by atoms with Crippen molar-refractivity contribution in [2.45, 2.75) is 0 Å². The first kappa shape index (κ1) is 18.0. The number of hydrogen-bond donors (Lipinski definition) is 3. The Kier molecular flexibility index (Phi) is 6.57. The maximum Gasteiger partial charge on any atom is 0.343 e. The van der Waals surface area contributed by atoms with Crippen LogP contribution >= 0.6 is 12.4 Å². The van der Waals surface area contributed by atoms with E-state index >= 15 is 0 Å². The average molecular weight is 335 g/mol. The molecule has 0 atom stereocenters. The lowest BCUT2D eigenvalue weighted by atomic mass is 10.2. The first-order valence-electron chi connectivity index (χ1n) is 6.31. The molecule has 0 aromatic heterocycles. The Morgan fingerprint density at radius 1 is 1.09 bits per heavy atom. The third kappa shape index (κ3) is 5.01. The summed E-state index contributed by atoms with van der Waals surface area (Å²) in [6, 6.07) is 12.9. The van der Waals surface area contributed by atoms with Gasteiger partial charge in [-0.15, -0.1) is 12.4 Å². The largest absolute Gasteiger partial charge is 0.421 e. The standard InChI is InChI=1S/C15H14N4O3.ClH/c16-15(17)19-11-7-5-10(6-8-11)14(21)22-13-4-2-1-3-12(13)18-9-20;/h1-9H,(H,18,20)(H4,16,17,19);1H. The highest BCUT2D eigenvalue weighted by Gasteiger charge is 2.11. The molecule has 0 radical (unpaired) electrons. The predicted molar refractivity (Wildman–Crippen MR) is 90.2 cm³/mol. The van der Waals surface area contributed by atoms with Crippen LogP contribution in [0, 0.1) is 0 Å². The van der Waals surface area contributed by atoms with Crippen LogP contribution in [0.5, 0.6) is 5.75 Å². The lowest BCUT2D eigenvalue weighted by Crippen LogP contribution is -2.21. The van der Waals surface area contributed by atoms with Gasteiger partial charge < -0.3 is 21.5 Å². The number of carbonyl (C=O) groups is 2. The van der Waals surface area contributed by atoms with Crippen molar-refractivity contribution in [3.63, 3.8) is 0 Å². The zero-order chi connectivity index (χ0) is 15.9. The zero-order valence-corrected chi connectivity index (χ0v) is 12.7. The van der Waals surface area contributed by atoms with Crippen molar-refractivity contribution in [1.82, 2.24) is 0 Å². The summed E-state index contributed by atoms with van der Waals surface area (Å²) in [5, 5.41) is 2.46. The summed E-state index contributed by atoms with van der Waals surface area (Å²) in [6.45, 7) is 0. The van der Waals surface area contributed by atoms with Crippen molar-refractivity contribution >= 4 is 42.1 Å². The molecule has 0 saturated carbocycles. The van der Waals surface area contributed by atoms with Crippen LogP contribution in [-0.4, -0.2) is 18.3 Å². The number of hydrogen-bond acceptors (Lipinski definition) is 4. The van der Waals surface area contributed by atoms with Crippen LogP contribution in [0.2, 0.25) is 0 Å². The van der Waals surface area contributed by atoms with E-state index in [2.05, 4.69) is 10.3 Å². The van der Waals surface area contributed by atoms with Crippen molar-refractivity contribution in [1.29, 1.82) is 0 Å². The SMILES string of the molecule is Cl.NC(N)=Nc1ccc(C(=O)Oc2ccccc2NC=O)cc1. The Labute approximate surface area is 138 Å². The number of amides is 1. The van der Waals surface area contributed by atoms with Crippen LogP contribution in [0.25, 0.3) is 0 Å². The number of aliphatic imine (C=N–C) groups is 1. The summed E-state index contributed by atoms with van der Waals surface area (Å²) in [6.07, 6.45) is 0.511. The molecule has 0 unspecified atom stereocenters. The van der Waals surface area contributed by atoms with Gasteiger partial charge in [0.15, 0.2) is 11.7 Å². The number of guanidine groups is 1. The van der Waals surface area contributed by atoms with Crippen molar-refractivity contribution in [2.75, 3.05) is 5.32 Å². The second kappa shape index (κ2) is 8.40. The molecular weight excluding hydrogens is 320 g/mol. The summed E-state index contributed by atoms with van der Waals surface area (Å²) in [5.41, 5.74) is 11.8. The Balaban J connectivity index is 0.00000264. The molecule has 120 valence electrons. The van der Waals surface area contributed by atoms with Crippen LogP contribution in [0.3, 0.4) is 0 Å². The van der Waals surface area contributed by atoms with Gasteiger partial charge in [-0.3, -0.25) is 4.79 Å². The second-order valence-electron chi connectivity index (χ2n) is 4.23. The summed E-state index contributed by atoms with van der Waals surface area (Å²) in [7, 11) is 0. The number of nitrogens with one attached hydrogen (secondary N) is 1. The molecule has 2 rings (SSSR count). The first-order chi connectivity index (χ1) is 10.6. The third-order valence-corrected chi connectivity index (χ3v) is 2.67. The molecule has 2 aromatic rings. The van der Waals surface area contributed by atoms with Crippen LogP contribution in [0.1, 0.15) is 10.4 Å². The zero-order valence-electron chi connectivity index (χ0n) is 11.9. The van der Waals surface area contributed by atoms with E-state index in [0.29, 0.717) is 23.3 Å². The quantitative estimate of drug-likeness (QED) is 0.253. The highest BCUT2D eigenvalue weighted by molar-refractivity contribution is 5.92. The molecule has 2 aromatic carbocycles. The van der Waals surface area contributed by atoms with Crippen LogP contribution in [-0.2, 0) is 4.79 Å². The molecule has 0 saturated heterocycles. The Bertz CT molecular complexity index is 713. The molecule has 8 heteroatoms. The fraction of sp³-hybridized carbons (Fsp3) is 0. The number of anilines is 1. The minimum absolute atomic E-state index is 0. The number of nitrogens with two attached hydrogens (primary N) is 2. The summed E-state index contributed by atoms with van der Waals surface area (Å²) < 4.78 is 5.26. The smallest absolute Gasteiger partial charge is 0.343 e. The van der Waals surface area contributed by atoms with Gasteiger partial charge in [0.25, 0.3) is 0 Å². The fourth-order valence-corrected chi connectivity index (χ4v) is 1.72. The average Bonchev–Trinajstić information content (AvgIpc) is 2.49. The number of para-hydroxylation sites is 2. The molecule has 0 aliphatic carbocycles. The van der Waals surface area contributed by atoms with Gasteiger partial charge in [0.2, 0.25) is 6.41 Å². The summed E-state index contributed by atoms with van der Waals surface area (Å²) >= 11 is 0. The van der Waals surface area contributed by atoms with E-state index in [1.807, 2.05) is 0 Å². The molecule has 0 spiro atoms. The van der Waals surface area contributed by atoms with E-state index < -0.39 is 5.97 Å². The van der Waals surface area contributed by atoms with Crippen molar-refractivity contribution in [2.24, 2.45) is 16.5 Å². The summed E-state index contributed by atoms with van der Waals surface area (Å²) in [5.74, 6) is -0.367. The molecule has 0 bridgehead atoms. The molecule has 1 amide bonds. The highest BCUT2D eigenvalue weighted by atomic mass is 35.5. The van der Waals surface area contributed by atoms with Gasteiger partial charge in [0.1, 0.15) is 0 Å². The van der Waals surface area contributed by atoms with E-state index in [9.17, 15) is 9.59 Å². The predicted octanol–water partition coefficient (Wildman–Crippen LogP) is 1.80. The number of ether oxygens (including phenoxy) is 1. The van der Waals surface area contributed by atoms with Crippen molar-refractivity contribution in [3.8, 4) is 5.75 Å². The maximum atomic E-state index is 12.1. The van der Waals surface area contributed by atoms with Gasteiger partial charge in [-0.1, -0.05) is 12.1 Å². The molecule has 0 heterocycles. The van der Waals surface area contributed by atoms with Crippen molar-refractivity contribution in [3.05, 3.63) is 54.1 Å². The lowest BCUT2D eigenvalue weighted by molar-refractivity contribution is -0.105. The number of rotatable bonds is 5. The van der Waals surface area contributed by atoms with Gasteiger partial charge in [-0.2, -0.15) is 0 Å². The van der Waals surface area contributed by atoms with Crippen LogP contribution in [0.15, 0.2) is 53.5 Å². The number of nitrogens with zero attached hydrogens (tertiary/aromatic N) is 1. The second-order valence-corrected chi connectivity index (χ2v) is 4.23. The molecule has 0 aliphatic rings. The topological polar surface area (TPSA) is 120 Å². The number of benzene rings is 2. The lowest BCUT2D eigenvalue weighted by Gasteiger charge is -2.08. The Morgan fingerprint density at radius 2 is 1.74 bits per heavy atom. The van der Waals surface area contributed by atoms with E-state index in [1.165, 1.54) is 0 Å². The van der Waals surface area contributed by atoms with Crippen LogP contribution < -0.4 is 21.5 Å². The Morgan fingerprint density at radius 3 is 2.35 bits per heavy atom. The van der Waals surface area contributed by atoms with Crippen molar-refractivity contribution < 1.29 is 14.3 Å². The maximum absolute atomic E-state index is 12.1. The molecule has 5 N–H and O–H groups in total. The number of carbonyl (C=O) groups excluding carboxylic acids is 2. The van der Waals surface area contributed by atoms with E-state index in [4.69, 9.17) is 16.2 Å². The number of esters is 1. The van der Waals surface area contributed by atoms with Gasteiger partial charge >= 0.3 is 5.97 Å². The minimum Gasteiger partial charge on any atom is -0.421 e. The van der Waals surface area contributed by atoms with Gasteiger partial charge in [-0.05, 0) is 36.4 Å². The highest BCUT2D eigenvalue weighted by Crippen LogP contribution is 2.24. The molecule has 23 heavy (non-hydrogen) atoms. The van der Waals surface area contributed by atoms with Gasteiger partial charge in [0.05, 0.1) is 16.9 Å². The molecular formula is C15H15ClN4O3. The first-order valence-corrected chi connectivity index (χ1v) is 6.31. The van der Waals surface area contributed by atoms with Gasteiger partial charge in [-0.25, -0.2) is 9.79 Å². The fourth-order valence-electron chi connectivity index (χ4n) is 1.72. The monoisotopic (exact) mass is 334 g/mol. The molecule has 0 aliphatic heterocycles.